The molecular formula is C23H23N3O6S. The molecule has 0 saturated carbocycles. The summed E-state index contributed by atoms with van der Waals surface area (Å²) in [5.41, 5.74) is 1.77. The normalized spacial score (nSPS) is 11.0. The number of nitro benzene ring substituents is 1. The van der Waals surface area contributed by atoms with Crippen LogP contribution in [0.2, 0.25) is 0 Å². The highest BCUT2D eigenvalue weighted by Gasteiger charge is 2.24. The Balaban J connectivity index is 1.69. The summed E-state index contributed by atoms with van der Waals surface area (Å²) in [6.45, 7) is 1.48. The Labute approximate surface area is 191 Å². The van der Waals surface area contributed by atoms with E-state index in [1.54, 1.807) is 31.2 Å². The molecule has 0 fully saturated rings. The van der Waals surface area contributed by atoms with E-state index in [0.29, 0.717) is 23.6 Å². The van der Waals surface area contributed by atoms with Crippen molar-refractivity contribution >= 4 is 33.0 Å². The molecule has 0 atom stereocenters. The molecule has 0 aliphatic rings. The Kier molecular flexibility index (Phi) is 7.29. The molecule has 172 valence electrons. The highest BCUT2D eigenvalue weighted by molar-refractivity contribution is 7.92. The van der Waals surface area contributed by atoms with Crippen molar-refractivity contribution in [1.29, 1.82) is 0 Å². The van der Waals surface area contributed by atoms with Crippen molar-refractivity contribution in [1.82, 2.24) is 0 Å². The van der Waals surface area contributed by atoms with Gasteiger partial charge in [0.25, 0.3) is 5.69 Å². The van der Waals surface area contributed by atoms with Crippen LogP contribution in [-0.2, 0) is 21.4 Å². The Hall–Kier alpha value is -3.92. The molecule has 3 aromatic rings. The molecule has 3 rings (SSSR count). The van der Waals surface area contributed by atoms with Crippen LogP contribution < -0.4 is 14.4 Å². The fourth-order valence-corrected chi connectivity index (χ4v) is 3.97. The van der Waals surface area contributed by atoms with Gasteiger partial charge in [0, 0.05) is 17.8 Å². The molecule has 0 heterocycles. The van der Waals surface area contributed by atoms with Gasteiger partial charge in [-0.05, 0) is 42.3 Å². The maximum atomic E-state index is 12.6. The van der Waals surface area contributed by atoms with Gasteiger partial charge in [0.05, 0.1) is 16.9 Å². The van der Waals surface area contributed by atoms with Crippen LogP contribution in [0.25, 0.3) is 0 Å². The molecule has 0 aliphatic carbocycles. The number of nitro groups is 1. The number of nitrogens with zero attached hydrogens (tertiary/aromatic N) is 2. The Morgan fingerprint density at radius 2 is 1.73 bits per heavy atom. The van der Waals surface area contributed by atoms with E-state index in [1.807, 2.05) is 30.3 Å². The molecule has 1 amide bonds. The molecule has 0 spiro atoms. The zero-order valence-corrected chi connectivity index (χ0v) is 18.9. The number of carbonyl (C=O) groups excluding carboxylic acids is 1. The standard InChI is InChI=1S/C23H23N3O6S/c1-17-8-11-20(26(28)29)14-22(17)25(33(2,30)31)15-23(27)24-19-9-12-21(13-10-19)32-16-18-6-4-3-5-7-18/h3-14H,15-16H2,1-2H3,(H,24,27). The number of benzene rings is 3. The van der Waals surface area contributed by atoms with E-state index in [2.05, 4.69) is 5.32 Å². The summed E-state index contributed by atoms with van der Waals surface area (Å²) in [4.78, 5) is 23.1. The number of sulfonamides is 1. The Morgan fingerprint density at radius 1 is 1.06 bits per heavy atom. The van der Waals surface area contributed by atoms with Crippen LogP contribution in [0.5, 0.6) is 5.75 Å². The third-order valence-corrected chi connectivity index (χ3v) is 5.87. The van der Waals surface area contributed by atoms with Crippen molar-refractivity contribution in [2.24, 2.45) is 0 Å². The quantitative estimate of drug-likeness (QED) is 0.375. The molecule has 0 aromatic heterocycles. The van der Waals surface area contributed by atoms with Gasteiger partial charge < -0.3 is 10.1 Å². The number of hydrogen-bond donors (Lipinski definition) is 1. The number of non-ortho nitro benzene ring substituents is 1. The van der Waals surface area contributed by atoms with E-state index in [-0.39, 0.29) is 11.4 Å². The predicted molar refractivity (Wildman–Crippen MR) is 126 cm³/mol. The largest absolute Gasteiger partial charge is 0.489 e. The summed E-state index contributed by atoms with van der Waals surface area (Å²) in [5.74, 6) is 0.0196. The lowest BCUT2D eigenvalue weighted by molar-refractivity contribution is -0.384. The van der Waals surface area contributed by atoms with Gasteiger partial charge in [0.1, 0.15) is 18.9 Å². The van der Waals surface area contributed by atoms with Crippen LogP contribution in [0.3, 0.4) is 0 Å². The smallest absolute Gasteiger partial charge is 0.271 e. The number of carbonyl (C=O) groups is 1. The second-order valence-corrected chi connectivity index (χ2v) is 9.25. The first-order valence-corrected chi connectivity index (χ1v) is 11.8. The summed E-state index contributed by atoms with van der Waals surface area (Å²) < 4.78 is 31.2. The minimum Gasteiger partial charge on any atom is -0.489 e. The summed E-state index contributed by atoms with van der Waals surface area (Å²) in [5, 5.41) is 13.7. The van der Waals surface area contributed by atoms with E-state index in [9.17, 15) is 23.3 Å². The number of ether oxygens (including phenoxy) is 1. The SMILES string of the molecule is Cc1ccc([N+](=O)[O-])cc1N(CC(=O)Nc1ccc(OCc2ccccc2)cc1)S(C)(=O)=O. The van der Waals surface area contributed by atoms with E-state index in [1.165, 1.54) is 12.1 Å². The molecule has 0 radical (unpaired) electrons. The molecule has 1 N–H and O–H groups in total. The maximum absolute atomic E-state index is 12.6. The number of anilines is 2. The fraction of sp³-hybridized carbons (Fsp3) is 0.174. The topological polar surface area (TPSA) is 119 Å². The number of rotatable bonds is 9. The average molecular weight is 470 g/mol. The maximum Gasteiger partial charge on any atom is 0.271 e. The third-order valence-electron chi connectivity index (χ3n) is 4.75. The van der Waals surface area contributed by atoms with Crippen molar-refractivity contribution in [3.63, 3.8) is 0 Å². The highest BCUT2D eigenvalue weighted by Crippen LogP contribution is 2.27. The minimum absolute atomic E-state index is 0.0755. The zero-order chi connectivity index (χ0) is 24.0. The molecule has 0 bridgehead atoms. The van der Waals surface area contributed by atoms with E-state index >= 15 is 0 Å². The first-order valence-electron chi connectivity index (χ1n) is 9.93. The van der Waals surface area contributed by atoms with Crippen molar-refractivity contribution in [3.05, 3.63) is 94.0 Å². The summed E-state index contributed by atoms with van der Waals surface area (Å²) in [6.07, 6.45) is 0.942. The van der Waals surface area contributed by atoms with Crippen LogP contribution >= 0.6 is 0 Å². The van der Waals surface area contributed by atoms with Crippen molar-refractivity contribution < 1.29 is 22.9 Å². The van der Waals surface area contributed by atoms with Gasteiger partial charge in [-0.15, -0.1) is 0 Å². The Bertz CT molecular complexity index is 1240. The zero-order valence-electron chi connectivity index (χ0n) is 18.1. The lowest BCUT2D eigenvalue weighted by atomic mass is 10.2. The number of amides is 1. The van der Waals surface area contributed by atoms with Gasteiger partial charge in [-0.1, -0.05) is 36.4 Å². The van der Waals surface area contributed by atoms with Crippen LogP contribution in [0.15, 0.2) is 72.8 Å². The van der Waals surface area contributed by atoms with Crippen LogP contribution in [0.1, 0.15) is 11.1 Å². The fourth-order valence-electron chi connectivity index (χ4n) is 3.07. The lowest BCUT2D eigenvalue weighted by Gasteiger charge is -2.23. The molecular weight excluding hydrogens is 446 g/mol. The van der Waals surface area contributed by atoms with Crippen LogP contribution in [0, 0.1) is 17.0 Å². The van der Waals surface area contributed by atoms with Gasteiger partial charge in [-0.2, -0.15) is 0 Å². The van der Waals surface area contributed by atoms with Crippen LogP contribution in [0.4, 0.5) is 17.1 Å². The first kappa shape index (κ1) is 23.7. The van der Waals surface area contributed by atoms with E-state index in [4.69, 9.17) is 4.74 Å². The summed E-state index contributed by atoms with van der Waals surface area (Å²) in [6, 6.07) is 20.2. The van der Waals surface area contributed by atoms with Crippen LogP contribution in [-0.4, -0.2) is 32.0 Å². The van der Waals surface area contributed by atoms with Gasteiger partial charge >= 0.3 is 0 Å². The van der Waals surface area contributed by atoms with E-state index in [0.717, 1.165) is 22.2 Å². The highest BCUT2D eigenvalue weighted by atomic mass is 32.2. The van der Waals surface area contributed by atoms with Crippen molar-refractivity contribution in [2.45, 2.75) is 13.5 Å². The molecule has 33 heavy (non-hydrogen) atoms. The van der Waals surface area contributed by atoms with Gasteiger partial charge in [-0.25, -0.2) is 8.42 Å². The average Bonchev–Trinajstić information content (AvgIpc) is 2.77. The predicted octanol–water partition coefficient (Wildman–Crippen LogP) is 3.89. The van der Waals surface area contributed by atoms with Gasteiger partial charge in [-0.3, -0.25) is 19.2 Å². The molecule has 0 saturated heterocycles. The number of aryl methyl sites for hydroxylation is 1. The molecule has 10 heteroatoms. The number of hydrogen-bond acceptors (Lipinski definition) is 6. The molecule has 3 aromatic carbocycles. The lowest BCUT2D eigenvalue weighted by Crippen LogP contribution is -2.37. The third kappa shape index (κ3) is 6.53. The second kappa shape index (κ2) is 10.1. The van der Waals surface area contributed by atoms with Crippen molar-refractivity contribution in [2.75, 3.05) is 22.4 Å². The summed E-state index contributed by atoms with van der Waals surface area (Å²) in [7, 11) is -3.88. The van der Waals surface area contributed by atoms with Gasteiger partial charge in [0.15, 0.2) is 0 Å². The molecule has 0 unspecified atom stereocenters. The number of nitrogens with one attached hydrogen (secondary N) is 1. The monoisotopic (exact) mass is 469 g/mol. The minimum atomic E-state index is -3.88. The van der Waals surface area contributed by atoms with Crippen molar-refractivity contribution in [3.8, 4) is 5.75 Å². The Morgan fingerprint density at radius 3 is 2.33 bits per heavy atom. The van der Waals surface area contributed by atoms with Gasteiger partial charge in [0.2, 0.25) is 15.9 Å². The molecule has 0 aliphatic heterocycles. The first-order chi connectivity index (χ1) is 15.6. The second-order valence-electron chi connectivity index (χ2n) is 7.34. The van der Waals surface area contributed by atoms with E-state index < -0.39 is 27.4 Å². The molecule has 9 nitrogen and oxygen atoms in total. The summed E-state index contributed by atoms with van der Waals surface area (Å²) >= 11 is 0.